The average molecular weight is 392 g/mol. The third-order valence-electron chi connectivity index (χ3n) is 3.32. The highest BCUT2D eigenvalue weighted by atomic mass is 35.5. The monoisotopic (exact) mass is 391 g/mol. The molecule has 134 valence electrons. The summed E-state index contributed by atoms with van der Waals surface area (Å²) < 4.78 is 6.75. The summed E-state index contributed by atoms with van der Waals surface area (Å²) in [6.45, 7) is 5.49. The number of nitrogens with one attached hydrogen (secondary N) is 1. The summed E-state index contributed by atoms with van der Waals surface area (Å²) >= 11 is 11.8. The number of aromatic nitrogens is 4. The minimum atomic E-state index is -0.700. The van der Waals surface area contributed by atoms with Gasteiger partial charge in [0.05, 0.1) is 15.7 Å². The van der Waals surface area contributed by atoms with Gasteiger partial charge in [0.15, 0.2) is 0 Å². The number of carbonyl (C=O) groups is 1. The maximum atomic E-state index is 12.2. The lowest BCUT2D eigenvalue weighted by Gasteiger charge is -2.09. The van der Waals surface area contributed by atoms with Crippen molar-refractivity contribution in [2.24, 2.45) is 0 Å². The van der Waals surface area contributed by atoms with Gasteiger partial charge in [0.2, 0.25) is 5.88 Å². The van der Waals surface area contributed by atoms with Crippen LogP contribution in [-0.4, -0.2) is 25.8 Å². The zero-order valence-electron chi connectivity index (χ0n) is 14.2. The second kappa shape index (κ2) is 7.31. The smallest absolute Gasteiger partial charge is 0.391 e. The van der Waals surface area contributed by atoms with Crippen molar-refractivity contribution in [2.75, 3.05) is 5.32 Å². The molecule has 0 spiro atoms. The predicted molar refractivity (Wildman–Crippen MR) is 99.5 cm³/mol. The minimum Gasteiger partial charge on any atom is -0.391 e. The van der Waals surface area contributed by atoms with E-state index in [4.69, 9.17) is 27.9 Å². The lowest BCUT2D eigenvalue weighted by molar-refractivity contribution is 0.212. The lowest BCUT2D eigenvalue weighted by atomic mass is 10.3. The summed E-state index contributed by atoms with van der Waals surface area (Å²) in [4.78, 5) is 20.9. The molecule has 26 heavy (non-hydrogen) atoms. The first-order chi connectivity index (χ1) is 12.3. The van der Waals surface area contributed by atoms with E-state index in [0.29, 0.717) is 27.4 Å². The minimum absolute atomic E-state index is 0.199. The van der Waals surface area contributed by atoms with Gasteiger partial charge in [-0.05, 0) is 45.0 Å². The molecule has 2 heterocycles. The van der Waals surface area contributed by atoms with Gasteiger partial charge in [0, 0.05) is 23.1 Å². The summed E-state index contributed by atoms with van der Waals surface area (Å²) in [6, 6.07) is 8.19. The third-order valence-corrected chi connectivity index (χ3v) is 4.06. The number of amides is 1. The van der Waals surface area contributed by atoms with Crippen LogP contribution in [0, 0.1) is 20.8 Å². The van der Waals surface area contributed by atoms with E-state index in [9.17, 15) is 4.79 Å². The van der Waals surface area contributed by atoms with Crippen LogP contribution < -0.4 is 10.1 Å². The summed E-state index contributed by atoms with van der Waals surface area (Å²) in [7, 11) is 0. The van der Waals surface area contributed by atoms with E-state index in [0.717, 1.165) is 11.4 Å². The highest BCUT2D eigenvalue weighted by Crippen LogP contribution is 2.25. The van der Waals surface area contributed by atoms with E-state index in [-0.39, 0.29) is 5.88 Å². The number of halogens is 2. The van der Waals surface area contributed by atoms with Crippen molar-refractivity contribution in [1.82, 2.24) is 19.7 Å². The van der Waals surface area contributed by atoms with E-state index < -0.39 is 6.09 Å². The molecule has 3 rings (SSSR count). The molecule has 1 N–H and O–H groups in total. The van der Waals surface area contributed by atoms with Crippen molar-refractivity contribution in [2.45, 2.75) is 20.8 Å². The van der Waals surface area contributed by atoms with E-state index in [1.54, 1.807) is 25.1 Å². The summed E-state index contributed by atoms with van der Waals surface area (Å²) in [6.07, 6.45) is -0.700. The Morgan fingerprint density at radius 2 is 1.69 bits per heavy atom. The van der Waals surface area contributed by atoms with Crippen molar-refractivity contribution >= 4 is 35.0 Å². The topological polar surface area (TPSA) is 81.9 Å². The fourth-order valence-electron chi connectivity index (χ4n) is 2.31. The fourth-order valence-corrected chi connectivity index (χ4v) is 2.60. The van der Waals surface area contributed by atoms with E-state index in [1.165, 1.54) is 10.7 Å². The summed E-state index contributed by atoms with van der Waals surface area (Å²) in [5.41, 5.74) is 2.68. The Morgan fingerprint density at radius 3 is 2.35 bits per heavy atom. The molecule has 0 bridgehead atoms. The Hall–Kier alpha value is -2.64. The summed E-state index contributed by atoms with van der Waals surface area (Å²) in [5.74, 6) is 0.526. The number of hydrogen-bond acceptors (Lipinski definition) is 5. The SMILES string of the molecule is Cc1cc(C)nc(-n2nc(C)cc2OC(=O)Nc2ccc(Cl)c(Cl)c2)n1. The number of rotatable bonds is 3. The van der Waals surface area contributed by atoms with Crippen LogP contribution in [0.25, 0.3) is 5.95 Å². The molecule has 0 aliphatic rings. The Morgan fingerprint density at radius 1 is 1.00 bits per heavy atom. The van der Waals surface area contributed by atoms with Crippen LogP contribution in [0.1, 0.15) is 17.1 Å². The number of ether oxygens (including phenoxy) is 1. The molecule has 0 fully saturated rings. The van der Waals surface area contributed by atoms with Gasteiger partial charge < -0.3 is 4.74 Å². The molecule has 1 amide bonds. The standard InChI is InChI=1S/C17H15Cl2N5O2/c1-9-6-10(2)21-16(20-9)24-15(7-11(3)23-24)26-17(25)22-12-4-5-13(18)14(19)8-12/h4-8H,1-3H3,(H,22,25). The Balaban J connectivity index is 1.83. The van der Waals surface area contributed by atoms with Gasteiger partial charge in [-0.25, -0.2) is 14.8 Å². The van der Waals surface area contributed by atoms with E-state index >= 15 is 0 Å². The van der Waals surface area contributed by atoms with Crippen LogP contribution in [0.2, 0.25) is 10.0 Å². The molecule has 0 saturated heterocycles. The normalized spacial score (nSPS) is 10.7. The quantitative estimate of drug-likeness (QED) is 0.710. The van der Waals surface area contributed by atoms with E-state index in [2.05, 4.69) is 20.4 Å². The number of benzene rings is 1. The molecule has 1 aromatic carbocycles. The van der Waals surface area contributed by atoms with Crippen molar-refractivity contribution in [3.05, 3.63) is 57.5 Å². The van der Waals surface area contributed by atoms with Crippen LogP contribution in [0.5, 0.6) is 5.88 Å². The van der Waals surface area contributed by atoms with Gasteiger partial charge in [0.25, 0.3) is 5.95 Å². The van der Waals surface area contributed by atoms with E-state index in [1.807, 2.05) is 19.9 Å². The summed E-state index contributed by atoms with van der Waals surface area (Å²) in [5, 5.41) is 7.60. The molecular formula is C17H15Cl2N5O2. The van der Waals surface area contributed by atoms with Crippen LogP contribution >= 0.6 is 23.2 Å². The molecule has 9 heteroatoms. The van der Waals surface area contributed by atoms with Gasteiger partial charge >= 0.3 is 6.09 Å². The predicted octanol–water partition coefficient (Wildman–Crippen LogP) is 4.51. The van der Waals surface area contributed by atoms with Crippen LogP contribution in [0.15, 0.2) is 30.3 Å². The number of anilines is 1. The van der Waals surface area contributed by atoms with Gasteiger partial charge in [-0.15, -0.1) is 0 Å². The first-order valence-corrected chi connectivity index (χ1v) is 8.40. The molecule has 3 aromatic rings. The van der Waals surface area contributed by atoms with Crippen LogP contribution in [-0.2, 0) is 0 Å². The number of nitrogens with zero attached hydrogens (tertiary/aromatic N) is 4. The second-order valence-corrected chi connectivity index (χ2v) is 6.44. The maximum Gasteiger partial charge on any atom is 0.418 e. The molecule has 0 radical (unpaired) electrons. The highest BCUT2D eigenvalue weighted by molar-refractivity contribution is 6.42. The molecule has 0 saturated carbocycles. The second-order valence-electron chi connectivity index (χ2n) is 5.63. The lowest BCUT2D eigenvalue weighted by Crippen LogP contribution is -2.19. The molecule has 2 aromatic heterocycles. The third kappa shape index (κ3) is 4.12. The highest BCUT2D eigenvalue weighted by Gasteiger charge is 2.16. The number of aryl methyl sites for hydroxylation is 3. The molecular weight excluding hydrogens is 377 g/mol. The Bertz CT molecular complexity index is 967. The van der Waals surface area contributed by atoms with Crippen molar-refractivity contribution in [3.8, 4) is 11.8 Å². The van der Waals surface area contributed by atoms with Crippen molar-refractivity contribution in [3.63, 3.8) is 0 Å². The zero-order valence-corrected chi connectivity index (χ0v) is 15.8. The van der Waals surface area contributed by atoms with Crippen LogP contribution in [0.4, 0.5) is 10.5 Å². The van der Waals surface area contributed by atoms with Gasteiger partial charge in [-0.3, -0.25) is 5.32 Å². The molecule has 7 nitrogen and oxygen atoms in total. The zero-order chi connectivity index (χ0) is 18.8. The first kappa shape index (κ1) is 18.2. The van der Waals surface area contributed by atoms with Crippen molar-refractivity contribution in [1.29, 1.82) is 0 Å². The molecule has 0 aliphatic carbocycles. The number of carbonyl (C=O) groups excluding carboxylic acids is 1. The Labute approximate surface area is 159 Å². The van der Waals surface area contributed by atoms with Gasteiger partial charge in [-0.1, -0.05) is 23.2 Å². The molecule has 0 aliphatic heterocycles. The Kier molecular flexibility index (Phi) is 5.11. The molecule has 0 unspecified atom stereocenters. The fraction of sp³-hybridized carbons (Fsp3) is 0.176. The van der Waals surface area contributed by atoms with Gasteiger partial charge in [-0.2, -0.15) is 9.78 Å². The first-order valence-electron chi connectivity index (χ1n) is 7.65. The average Bonchev–Trinajstić information content (AvgIpc) is 2.90. The van der Waals surface area contributed by atoms with Crippen molar-refractivity contribution < 1.29 is 9.53 Å². The largest absolute Gasteiger partial charge is 0.418 e. The molecule has 0 atom stereocenters. The number of hydrogen-bond donors (Lipinski definition) is 1. The van der Waals surface area contributed by atoms with Gasteiger partial charge in [0.1, 0.15) is 0 Å². The maximum absolute atomic E-state index is 12.2. The van der Waals surface area contributed by atoms with Crippen LogP contribution in [0.3, 0.4) is 0 Å².